The number of alkyl halides is 3. The minimum Gasteiger partial charge on any atom is -0.406 e. The topological polar surface area (TPSA) is 85.2 Å². The number of anilines is 2. The molecule has 0 saturated heterocycles. The summed E-state index contributed by atoms with van der Waals surface area (Å²) >= 11 is 0. The highest BCUT2D eigenvalue weighted by molar-refractivity contribution is 6.14. The number of ether oxygens (including phenoxy) is 1. The van der Waals surface area contributed by atoms with Gasteiger partial charge >= 0.3 is 6.36 Å². The van der Waals surface area contributed by atoms with Gasteiger partial charge in [0.2, 0.25) is 11.8 Å². The number of aromatic nitrogens is 2. The lowest BCUT2D eigenvalue weighted by Crippen LogP contribution is -2.43. The van der Waals surface area contributed by atoms with Crippen LogP contribution < -0.4 is 15.4 Å². The van der Waals surface area contributed by atoms with E-state index in [0.29, 0.717) is 22.5 Å². The highest BCUT2D eigenvalue weighted by atomic mass is 19.4. The number of nitrogens with one attached hydrogen (secondary N) is 2. The van der Waals surface area contributed by atoms with Crippen LogP contribution >= 0.6 is 0 Å². The van der Waals surface area contributed by atoms with Gasteiger partial charge in [-0.3, -0.25) is 9.59 Å². The van der Waals surface area contributed by atoms with Crippen molar-refractivity contribution in [1.82, 2.24) is 9.78 Å². The van der Waals surface area contributed by atoms with Crippen molar-refractivity contribution < 1.29 is 31.9 Å². The number of carbonyl (C=O) groups excluding carboxylic acids is 2. The number of fused-ring (bicyclic) bond motifs is 4. The molecule has 158 valence electrons. The molecule has 2 aliphatic rings. The molecule has 1 aromatic heterocycles. The van der Waals surface area contributed by atoms with Crippen LogP contribution in [0.4, 0.5) is 29.1 Å². The fraction of sp³-hybridized carbons (Fsp3) is 0.150. The van der Waals surface area contributed by atoms with Crippen molar-refractivity contribution in [2.75, 3.05) is 10.6 Å². The Balaban J connectivity index is 1.62. The van der Waals surface area contributed by atoms with E-state index in [1.165, 1.54) is 41.2 Å². The van der Waals surface area contributed by atoms with Gasteiger partial charge in [-0.1, -0.05) is 0 Å². The summed E-state index contributed by atoms with van der Waals surface area (Å²) in [6.07, 6.45) is -3.69. The van der Waals surface area contributed by atoms with Crippen molar-refractivity contribution in [1.29, 1.82) is 0 Å². The van der Waals surface area contributed by atoms with Crippen LogP contribution in [0.25, 0.3) is 5.69 Å². The minimum absolute atomic E-state index is 0.174. The van der Waals surface area contributed by atoms with Crippen molar-refractivity contribution in [2.45, 2.75) is 18.2 Å². The number of hydrogen-bond donors (Lipinski definition) is 2. The summed E-state index contributed by atoms with van der Waals surface area (Å²) in [6, 6.07) is 8.68. The summed E-state index contributed by atoms with van der Waals surface area (Å²) in [7, 11) is 0. The van der Waals surface area contributed by atoms with E-state index in [1.54, 1.807) is 0 Å². The number of nitrogens with zero attached hydrogens (tertiary/aromatic N) is 2. The van der Waals surface area contributed by atoms with E-state index < -0.39 is 35.2 Å². The smallest absolute Gasteiger partial charge is 0.406 e. The molecule has 2 amide bonds. The van der Waals surface area contributed by atoms with Gasteiger partial charge in [0.25, 0.3) is 0 Å². The summed E-state index contributed by atoms with van der Waals surface area (Å²) < 4.78 is 56.3. The largest absolute Gasteiger partial charge is 0.573 e. The molecule has 0 radical (unpaired) electrons. The first-order chi connectivity index (χ1) is 14.7. The molecule has 0 aliphatic carbocycles. The molecule has 2 N–H and O–H groups in total. The molecule has 0 fully saturated rings. The molecule has 31 heavy (non-hydrogen) atoms. The second-order valence-electron chi connectivity index (χ2n) is 7.13. The van der Waals surface area contributed by atoms with Gasteiger partial charge in [-0.2, -0.15) is 5.10 Å². The first-order valence-corrected chi connectivity index (χ1v) is 9.03. The molecule has 2 aliphatic heterocycles. The molecule has 11 heteroatoms. The van der Waals surface area contributed by atoms with Crippen molar-refractivity contribution in [3.8, 4) is 11.4 Å². The zero-order chi connectivity index (χ0) is 22.0. The first kappa shape index (κ1) is 19.1. The molecular weight excluding hydrogens is 420 g/mol. The SMILES string of the molecule is O=C1C[C@@]2(C(=O)Nc3ccc(F)cc32)c2cnn(-c3ccc(OC(F)(F)F)cc3)c2N1. The van der Waals surface area contributed by atoms with Crippen LogP contribution in [0, 0.1) is 5.82 Å². The lowest BCUT2D eigenvalue weighted by atomic mass is 9.72. The third-order valence-corrected chi connectivity index (χ3v) is 5.30. The third kappa shape index (κ3) is 2.92. The van der Waals surface area contributed by atoms with Gasteiger partial charge in [-0.05, 0) is 48.0 Å². The van der Waals surface area contributed by atoms with E-state index in [0.717, 1.165) is 12.1 Å². The number of halogens is 4. The van der Waals surface area contributed by atoms with Crippen LogP contribution in [0.5, 0.6) is 5.75 Å². The molecule has 5 rings (SSSR count). The standard InChI is InChI=1S/C20H12F4N4O3/c21-10-1-6-15-13(7-10)19(18(30)26-15)8-16(29)27-17-14(19)9-25-28(17)11-2-4-12(5-3-11)31-20(22,23)24/h1-7,9H,8H2,(H,26,30)(H,27,29)/t19-/m0/s1. The molecular formula is C20H12F4N4O3. The minimum atomic E-state index is -4.83. The number of hydrogen-bond acceptors (Lipinski definition) is 4. The summed E-state index contributed by atoms with van der Waals surface area (Å²) in [4.78, 5) is 25.5. The van der Waals surface area contributed by atoms with Crippen molar-refractivity contribution in [3.63, 3.8) is 0 Å². The Bertz CT molecular complexity index is 1240. The Kier molecular flexibility index (Phi) is 3.88. The molecule has 2 aromatic carbocycles. The van der Waals surface area contributed by atoms with Gasteiger partial charge in [0, 0.05) is 17.7 Å². The Morgan fingerprint density at radius 2 is 1.77 bits per heavy atom. The Hall–Kier alpha value is -3.89. The van der Waals surface area contributed by atoms with Crippen molar-refractivity contribution in [3.05, 3.63) is 65.6 Å². The molecule has 0 unspecified atom stereocenters. The predicted octanol–water partition coefficient (Wildman–Crippen LogP) is 3.49. The molecule has 3 heterocycles. The van der Waals surface area contributed by atoms with Crippen LogP contribution in [-0.4, -0.2) is 28.0 Å². The summed E-state index contributed by atoms with van der Waals surface area (Å²) in [5.41, 5.74) is -0.0711. The highest BCUT2D eigenvalue weighted by Crippen LogP contribution is 2.50. The van der Waals surface area contributed by atoms with Crippen LogP contribution in [0.2, 0.25) is 0 Å². The van der Waals surface area contributed by atoms with Crippen LogP contribution in [-0.2, 0) is 15.0 Å². The van der Waals surface area contributed by atoms with Gasteiger partial charge in [-0.25, -0.2) is 9.07 Å². The first-order valence-electron chi connectivity index (χ1n) is 9.03. The Morgan fingerprint density at radius 3 is 2.48 bits per heavy atom. The molecule has 7 nitrogen and oxygen atoms in total. The fourth-order valence-electron chi connectivity index (χ4n) is 4.05. The highest BCUT2D eigenvalue weighted by Gasteiger charge is 2.54. The lowest BCUT2D eigenvalue weighted by molar-refractivity contribution is -0.274. The number of rotatable bonds is 2. The van der Waals surface area contributed by atoms with Crippen LogP contribution in [0.15, 0.2) is 48.7 Å². The van der Waals surface area contributed by atoms with Gasteiger partial charge in [0.1, 0.15) is 22.8 Å². The van der Waals surface area contributed by atoms with E-state index in [-0.39, 0.29) is 12.2 Å². The average Bonchev–Trinajstić information content (AvgIpc) is 3.22. The van der Waals surface area contributed by atoms with Gasteiger partial charge in [0.15, 0.2) is 0 Å². The second-order valence-corrected chi connectivity index (χ2v) is 7.13. The van der Waals surface area contributed by atoms with Gasteiger partial charge in [-0.15, -0.1) is 13.2 Å². The van der Waals surface area contributed by atoms with E-state index in [2.05, 4.69) is 20.5 Å². The van der Waals surface area contributed by atoms with Crippen LogP contribution in [0.1, 0.15) is 17.5 Å². The van der Waals surface area contributed by atoms with E-state index >= 15 is 0 Å². The van der Waals surface area contributed by atoms with E-state index in [9.17, 15) is 27.2 Å². The molecule has 1 spiro atoms. The Morgan fingerprint density at radius 1 is 1.03 bits per heavy atom. The van der Waals surface area contributed by atoms with E-state index in [1.807, 2.05) is 0 Å². The normalized spacial score (nSPS) is 19.6. The zero-order valence-corrected chi connectivity index (χ0v) is 15.5. The Labute approximate surface area is 171 Å². The quantitative estimate of drug-likeness (QED) is 0.608. The average molecular weight is 432 g/mol. The second kappa shape index (κ2) is 6.30. The molecule has 1 atom stereocenters. The van der Waals surface area contributed by atoms with Gasteiger partial charge in [0.05, 0.1) is 11.9 Å². The third-order valence-electron chi connectivity index (χ3n) is 5.30. The fourth-order valence-corrected chi connectivity index (χ4v) is 4.05. The maximum atomic E-state index is 14.0. The van der Waals surface area contributed by atoms with E-state index in [4.69, 9.17) is 0 Å². The lowest BCUT2D eigenvalue weighted by Gasteiger charge is -2.31. The monoisotopic (exact) mass is 432 g/mol. The van der Waals surface area contributed by atoms with Gasteiger partial charge < -0.3 is 15.4 Å². The number of carbonyl (C=O) groups is 2. The molecule has 0 saturated carbocycles. The van der Waals surface area contributed by atoms with Crippen molar-refractivity contribution >= 4 is 23.3 Å². The zero-order valence-electron chi connectivity index (χ0n) is 15.5. The molecule has 0 bridgehead atoms. The summed E-state index contributed by atoms with van der Waals surface area (Å²) in [5, 5.41) is 9.55. The maximum Gasteiger partial charge on any atom is 0.573 e. The van der Waals surface area contributed by atoms with Crippen LogP contribution in [0.3, 0.4) is 0 Å². The maximum absolute atomic E-state index is 14.0. The summed E-state index contributed by atoms with van der Waals surface area (Å²) in [5.74, 6) is -1.78. The predicted molar refractivity (Wildman–Crippen MR) is 99.3 cm³/mol. The van der Waals surface area contributed by atoms with Crippen molar-refractivity contribution in [2.24, 2.45) is 0 Å². The summed E-state index contributed by atoms with van der Waals surface area (Å²) in [6.45, 7) is 0. The number of amides is 2. The molecule has 3 aromatic rings. The number of benzene rings is 2.